The van der Waals surface area contributed by atoms with Crippen molar-refractivity contribution < 1.29 is 28.7 Å². The lowest BCUT2D eigenvalue weighted by atomic mass is 9.81. The van der Waals surface area contributed by atoms with Crippen molar-refractivity contribution in [1.82, 2.24) is 4.90 Å². The fourth-order valence-corrected chi connectivity index (χ4v) is 5.64. The number of esters is 1. The molecule has 1 saturated heterocycles. The van der Waals surface area contributed by atoms with E-state index in [-0.39, 0.29) is 41.4 Å². The van der Waals surface area contributed by atoms with Crippen LogP contribution in [0.15, 0.2) is 24.3 Å². The van der Waals surface area contributed by atoms with Gasteiger partial charge in [-0.25, -0.2) is 4.79 Å². The Hall–Kier alpha value is -2.90. The average Bonchev–Trinajstić information content (AvgIpc) is 3.44. The number of nitrogens with one attached hydrogen (secondary N) is 1. The van der Waals surface area contributed by atoms with Crippen molar-refractivity contribution in [2.24, 2.45) is 29.6 Å². The van der Waals surface area contributed by atoms with E-state index in [0.29, 0.717) is 18.0 Å². The first-order chi connectivity index (χ1) is 15.3. The van der Waals surface area contributed by atoms with E-state index in [4.69, 9.17) is 9.47 Å². The SMILES string of the molecule is CCOc1ccccc1NC(=O)COC(=O)[C@@H](C(C)C)N1C(=O)[C@@H]2[C@H]3CC[C@@H](C3)[C@@H]2C1=O. The van der Waals surface area contributed by atoms with Crippen molar-refractivity contribution in [2.75, 3.05) is 18.5 Å². The summed E-state index contributed by atoms with van der Waals surface area (Å²) in [6.07, 6.45) is 2.87. The van der Waals surface area contributed by atoms with E-state index >= 15 is 0 Å². The van der Waals surface area contributed by atoms with Gasteiger partial charge in [-0.1, -0.05) is 26.0 Å². The largest absolute Gasteiger partial charge is 0.492 e. The van der Waals surface area contributed by atoms with Gasteiger partial charge in [0.05, 0.1) is 24.1 Å². The molecule has 0 unspecified atom stereocenters. The molecule has 3 fully saturated rings. The fourth-order valence-electron chi connectivity index (χ4n) is 5.64. The summed E-state index contributed by atoms with van der Waals surface area (Å²) >= 11 is 0. The lowest BCUT2D eigenvalue weighted by molar-refractivity contribution is -0.162. The standard InChI is InChI=1S/C24H30N2O6/c1-4-31-17-8-6-5-7-16(17)25-18(27)12-32-24(30)21(13(2)3)26-22(28)19-14-9-10-15(11-14)20(19)23(26)29/h5-8,13-15,19-21H,4,9-12H2,1-3H3,(H,25,27)/t14-,15-,19-,20+,21+/m0/s1. The summed E-state index contributed by atoms with van der Waals surface area (Å²) < 4.78 is 10.7. The summed E-state index contributed by atoms with van der Waals surface area (Å²) in [6, 6.07) is 5.95. The van der Waals surface area contributed by atoms with Gasteiger partial charge in [0.15, 0.2) is 6.61 Å². The van der Waals surface area contributed by atoms with E-state index in [9.17, 15) is 19.2 Å². The first-order valence-corrected chi connectivity index (χ1v) is 11.4. The Labute approximate surface area is 187 Å². The Morgan fingerprint density at radius 1 is 1.09 bits per heavy atom. The van der Waals surface area contributed by atoms with Gasteiger partial charge in [0.2, 0.25) is 11.8 Å². The highest BCUT2D eigenvalue weighted by atomic mass is 16.5. The second kappa shape index (κ2) is 8.92. The molecule has 1 aromatic rings. The van der Waals surface area contributed by atoms with Crippen LogP contribution in [0.2, 0.25) is 0 Å². The lowest BCUT2D eigenvalue weighted by Gasteiger charge is -2.28. The molecule has 1 N–H and O–H groups in total. The molecule has 3 amide bonds. The van der Waals surface area contributed by atoms with Crippen molar-refractivity contribution >= 4 is 29.4 Å². The number of likely N-dealkylation sites (tertiary alicyclic amines) is 1. The van der Waals surface area contributed by atoms with Crippen LogP contribution < -0.4 is 10.1 Å². The van der Waals surface area contributed by atoms with Gasteiger partial charge < -0.3 is 14.8 Å². The van der Waals surface area contributed by atoms with Gasteiger partial charge in [-0.05, 0) is 56.1 Å². The first-order valence-electron chi connectivity index (χ1n) is 11.4. The summed E-state index contributed by atoms with van der Waals surface area (Å²) in [5.41, 5.74) is 0.476. The summed E-state index contributed by atoms with van der Waals surface area (Å²) in [5, 5.41) is 2.67. The molecule has 1 heterocycles. The number of carbonyl (C=O) groups excluding carboxylic acids is 4. The molecule has 172 valence electrons. The Morgan fingerprint density at radius 2 is 1.72 bits per heavy atom. The maximum atomic E-state index is 13.1. The maximum Gasteiger partial charge on any atom is 0.330 e. The number of para-hydroxylation sites is 2. The summed E-state index contributed by atoms with van der Waals surface area (Å²) in [5.74, 6) is -1.68. The fraction of sp³-hybridized carbons (Fsp3) is 0.583. The first kappa shape index (κ1) is 22.3. The van der Waals surface area contributed by atoms with E-state index in [1.807, 2.05) is 6.92 Å². The summed E-state index contributed by atoms with van der Waals surface area (Å²) in [6.45, 7) is 5.31. The van der Waals surface area contributed by atoms with Crippen LogP contribution in [-0.4, -0.2) is 47.8 Å². The molecule has 4 rings (SSSR count). The van der Waals surface area contributed by atoms with Gasteiger partial charge in [0.1, 0.15) is 11.8 Å². The number of hydrogen-bond donors (Lipinski definition) is 1. The second-order valence-corrected chi connectivity index (χ2v) is 9.21. The predicted molar refractivity (Wildman–Crippen MR) is 115 cm³/mol. The number of imide groups is 1. The molecule has 0 aromatic heterocycles. The van der Waals surface area contributed by atoms with Crippen molar-refractivity contribution in [1.29, 1.82) is 0 Å². The van der Waals surface area contributed by atoms with Crippen molar-refractivity contribution in [2.45, 2.75) is 46.1 Å². The van der Waals surface area contributed by atoms with Crippen LogP contribution >= 0.6 is 0 Å². The third-order valence-corrected chi connectivity index (χ3v) is 6.92. The van der Waals surface area contributed by atoms with E-state index in [2.05, 4.69) is 5.32 Å². The minimum atomic E-state index is -1.02. The number of hydrogen-bond acceptors (Lipinski definition) is 6. The molecule has 1 aliphatic heterocycles. The Bertz CT molecular complexity index is 901. The van der Waals surface area contributed by atoms with E-state index in [1.165, 1.54) is 0 Å². The Morgan fingerprint density at radius 3 is 2.31 bits per heavy atom. The van der Waals surface area contributed by atoms with E-state index in [0.717, 1.165) is 24.2 Å². The number of anilines is 1. The molecule has 5 atom stereocenters. The molecule has 3 aliphatic rings. The van der Waals surface area contributed by atoms with Gasteiger partial charge in [0, 0.05) is 0 Å². The van der Waals surface area contributed by atoms with Crippen LogP contribution in [0.25, 0.3) is 0 Å². The number of amides is 3. The monoisotopic (exact) mass is 442 g/mol. The minimum absolute atomic E-state index is 0.242. The number of benzene rings is 1. The van der Waals surface area contributed by atoms with Crippen LogP contribution in [0.4, 0.5) is 5.69 Å². The van der Waals surface area contributed by atoms with Crippen molar-refractivity contribution in [3.8, 4) is 5.75 Å². The van der Waals surface area contributed by atoms with Crippen LogP contribution in [0.1, 0.15) is 40.0 Å². The Balaban J connectivity index is 1.41. The van der Waals surface area contributed by atoms with Crippen LogP contribution in [0.5, 0.6) is 5.75 Å². The molecule has 2 bridgehead atoms. The predicted octanol–water partition coefficient (Wildman–Crippen LogP) is 2.62. The highest BCUT2D eigenvalue weighted by Gasteiger charge is 2.62. The van der Waals surface area contributed by atoms with E-state index in [1.54, 1.807) is 38.1 Å². The molecular weight excluding hydrogens is 412 g/mol. The quantitative estimate of drug-likeness (QED) is 0.491. The molecule has 1 aromatic carbocycles. The molecule has 0 radical (unpaired) electrons. The minimum Gasteiger partial charge on any atom is -0.492 e. The topological polar surface area (TPSA) is 102 Å². The second-order valence-electron chi connectivity index (χ2n) is 9.21. The molecular formula is C24H30N2O6. The van der Waals surface area contributed by atoms with Crippen molar-refractivity contribution in [3.05, 3.63) is 24.3 Å². The maximum absolute atomic E-state index is 13.1. The third-order valence-electron chi connectivity index (χ3n) is 6.92. The van der Waals surface area contributed by atoms with Gasteiger partial charge in [-0.2, -0.15) is 0 Å². The van der Waals surface area contributed by atoms with Gasteiger partial charge in [-0.3, -0.25) is 19.3 Å². The zero-order valence-electron chi connectivity index (χ0n) is 18.7. The summed E-state index contributed by atoms with van der Waals surface area (Å²) in [7, 11) is 0. The zero-order chi connectivity index (χ0) is 23.0. The van der Waals surface area contributed by atoms with Gasteiger partial charge in [-0.15, -0.1) is 0 Å². The highest BCUT2D eigenvalue weighted by molar-refractivity contribution is 6.08. The number of nitrogens with zero attached hydrogens (tertiary/aromatic N) is 1. The average molecular weight is 443 g/mol. The summed E-state index contributed by atoms with van der Waals surface area (Å²) in [4.78, 5) is 52.7. The van der Waals surface area contributed by atoms with Crippen LogP contribution in [0, 0.1) is 29.6 Å². The smallest absolute Gasteiger partial charge is 0.330 e. The lowest BCUT2D eigenvalue weighted by Crippen LogP contribution is -2.50. The van der Waals surface area contributed by atoms with Gasteiger partial charge >= 0.3 is 5.97 Å². The molecule has 8 nitrogen and oxygen atoms in total. The normalized spacial score (nSPS) is 26.9. The molecule has 32 heavy (non-hydrogen) atoms. The molecule has 8 heteroatoms. The highest BCUT2D eigenvalue weighted by Crippen LogP contribution is 2.56. The number of rotatable bonds is 8. The number of ether oxygens (including phenoxy) is 2. The molecule has 2 aliphatic carbocycles. The Kier molecular flexibility index (Phi) is 6.22. The van der Waals surface area contributed by atoms with Crippen LogP contribution in [0.3, 0.4) is 0 Å². The van der Waals surface area contributed by atoms with Crippen molar-refractivity contribution in [3.63, 3.8) is 0 Å². The van der Waals surface area contributed by atoms with E-state index < -0.39 is 24.5 Å². The third kappa shape index (κ3) is 3.87. The molecule has 0 spiro atoms. The van der Waals surface area contributed by atoms with Gasteiger partial charge in [0.25, 0.3) is 5.91 Å². The zero-order valence-corrected chi connectivity index (χ0v) is 18.7. The number of fused-ring (bicyclic) bond motifs is 5. The number of carbonyl (C=O) groups is 4. The van der Waals surface area contributed by atoms with Crippen LogP contribution in [-0.2, 0) is 23.9 Å². The molecule has 2 saturated carbocycles.